The lowest BCUT2D eigenvalue weighted by Gasteiger charge is -2.12. The van der Waals surface area contributed by atoms with Gasteiger partial charge in [-0.3, -0.25) is 0 Å². The van der Waals surface area contributed by atoms with Crippen molar-refractivity contribution in [2.24, 2.45) is 12.0 Å². The Hall–Kier alpha value is -2.48. The summed E-state index contributed by atoms with van der Waals surface area (Å²) in [5, 5.41) is 14.5. The zero-order chi connectivity index (χ0) is 18.2. The molecule has 0 spiro atoms. The Bertz CT molecular complexity index is 728. The number of methoxy groups -OCH3 is 1. The number of aromatic nitrogens is 3. The zero-order valence-electron chi connectivity index (χ0n) is 15.1. The highest BCUT2D eigenvalue weighted by Gasteiger charge is 2.06. The average molecular weight is 348 g/mol. The monoisotopic (exact) mass is 348 g/mol. The number of nitrogens with one attached hydrogen (secondary N) is 2. The largest absolute Gasteiger partial charge is 0.383 e. The molecule has 136 valence electrons. The molecule has 0 saturated carbocycles. The predicted octanol–water partition coefficient (Wildman–Crippen LogP) is 1.45. The molecule has 0 aliphatic heterocycles. The van der Waals surface area contributed by atoms with E-state index in [9.17, 15) is 4.39 Å². The molecule has 2 N–H and O–H groups in total. The maximum Gasteiger partial charge on any atom is 0.192 e. The molecular formula is C17H25FN6O. The van der Waals surface area contributed by atoms with Crippen molar-refractivity contribution in [3.05, 3.63) is 46.8 Å². The Morgan fingerprint density at radius 1 is 1.28 bits per heavy atom. The van der Waals surface area contributed by atoms with Crippen LogP contribution in [0.4, 0.5) is 4.39 Å². The molecule has 2 rings (SSSR count). The van der Waals surface area contributed by atoms with Crippen LogP contribution in [0, 0.1) is 19.7 Å². The number of rotatable bonds is 7. The van der Waals surface area contributed by atoms with Crippen LogP contribution in [0.2, 0.25) is 0 Å². The van der Waals surface area contributed by atoms with Gasteiger partial charge < -0.3 is 19.9 Å². The Labute approximate surface area is 147 Å². The molecule has 0 aliphatic carbocycles. The minimum atomic E-state index is -0.218. The fourth-order valence-electron chi connectivity index (χ4n) is 2.12. The zero-order valence-corrected chi connectivity index (χ0v) is 15.1. The number of aliphatic imine (C=N–C) groups is 1. The lowest BCUT2D eigenvalue weighted by Crippen LogP contribution is -2.39. The van der Waals surface area contributed by atoms with Gasteiger partial charge in [0.2, 0.25) is 0 Å². The van der Waals surface area contributed by atoms with Crippen molar-refractivity contribution in [2.75, 3.05) is 20.3 Å². The van der Waals surface area contributed by atoms with E-state index in [1.807, 2.05) is 24.6 Å². The molecule has 0 saturated heterocycles. The Morgan fingerprint density at radius 2 is 2.08 bits per heavy atom. The summed E-state index contributed by atoms with van der Waals surface area (Å²) < 4.78 is 20.6. The molecule has 1 aromatic carbocycles. The SMILES string of the molecule is COCCNC(=NCc1ccc(C)c(F)c1)NCc1nnc(C)n1C. The van der Waals surface area contributed by atoms with Gasteiger partial charge in [0, 0.05) is 20.7 Å². The summed E-state index contributed by atoms with van der Waals surface area (Å²) in [6, 6.07) is 5.15. The molecule has 1 heterocycles. The van der Waals surface area contributed by atoms with Crippen molar-refractivity contribution in [1.29, 1.82) is 0 Å². The minimum absolute atomic E-state index is 0.218. The van der Waals surface area contributed by atoms with E-state index in [1.54, 1.807) is 20.1 Å². The van der Waals surface area contributed by atoms with Gasteiger partial charge in [0.1, 0.15) is 11.6 Å². The number of benzene rings is 1. The highest BCUT2D eigenvalue weighted by Crippen LogP contribution is 2.10. The van der Waals surface area contributed by atoms with Gasteiger partial charge >= 0.3 is 0 Å². The van der Waals surface area contributed by atoms with E-state index < -0.39 is 0 Å². The first-order valence-corrected chi connectivity index (χ1v) is 8.12. The number of aryl methyl sites for hydroxylation is 2. The third kappa shape index (κ3) is 5.53. The van der Waals surface area contributed by atoms with E-state index in [0.717, 1.165) is 17.2 Å². The van der Waals surface area contributed by atoms with Gasteiger partial charge in [-0.15, -0.1) is 10.2 Å². The van der Waals surface area contributed by atoms with Crippen LogP contribution in [0.15, 0.2) is 23.2 Å². The van der Waals surface area contributed by atoms with Gasteiger partial charge in [-0.2, -0.15) is 0 Å². The van der Waals surface area contributed by atoms with Crippen molar-refractivity contribution >= 4 is 5.96 Å². The van der Waals surface area contributed by atoms with Gasteiger partial charge in [-0.25, -0.2) is 9.38 Å². The number of hydrogen-bond acceptors (Lipinski definition) is 4. The van der Waals surface area contributed by atoms with Crippen LogP contribution in [-0.2, 0) is 24.9 Å². The van der Waals surface area contributed by atoms with Crippen LogP contribution < -0.4 is 10.6 Å². The summed E-state index contributed by atoms with van der Waals surface area (Å²) in [6.45, 7) is 5.67. The van der Waals surface area contributed by atoms with Gasteiger partial charge in [0.15, 0.2) is 11.8 Å². The number of guanidine groups is 1. The van der Waals surface area contributed by atoms with Crippen LogP contribution in [0.5, 0.6) is 0 Å². The summed E-state index contributed by atoms with van der Waals surface area (Å²) in [4.78, 5) is 4.50. The van der Waals surface area contributed by atoms with E-state index in [4.69, 9.17) is 4.74 Å². The number of nitrogens with zero attached hydrogens (tertiary/aromatic N) is 4. The molecule has 8 heteroatoms. The lowest BCUT2D eigenvalue weighted by atomic mass is 10.1. The molecular weight excluding hydrogens is 323 g/mol. The smallest absolute Gasteiger partial charge is 0.192 e. The Morgan fingerprint density at radius 3 is 2.72 bits per heavy atom. The second-order valence-electron chi connectivity index (χ2n) is 5.74. The normalized spacial score (nSPS) is 11.6. The van der Waals surface area contributed by atoms with Gasteiger partial charge in [-0.1, -0.05) is 12.1 Å². The summed E-state index contributed by atoms with van der Waals surface area (Å²) in [5.74, 6) is 2.04. The molecule has 0 radical (unpaired) electrons. The molecule has 0 bridgehead atoms. The first-order valence-electron chi connectivity index (χ1n) is 8.12. The standard InChI is InChI=1S/C17H25FN6O/c1-12-5-6-14(9-15(12)18)10-20-17(19-7-8-25-4)21-11-16-23-22-13(2)24(16)3/h5-6,9H,7-8,10-11H2,1-4H3,(H2,19,20,21). The molecule has 0 unspecified atom stereocenters. The third-order valence-corrected chi connectivity index (χ3v) is 3.85. The van der Waals surface area contributed by atoms with Gasteiger partial charge in [0.25, 0.3) is 0 Å². The number of halogens is 1. The molecule has 0 aliphatic rings. The van der Waals surface area contributed by atoms with Crippen molar-refractivity contribution in [1.82, 2.24) is 25.4 Å². The van der Waals surface area contributed by atoms with E-state index in [-0.39, 0.29) is 5.82 Å². The topological polar surface area (TPSA) is 76.4 Å². The van der Waals surface area contributed by atoms with E-state index in [0.29, 0.717) is 37.8 Å². The van der Waals surface area contributed by atoms with Gasteiger partial charge in [0.05, 0.1) is 19.7 Å². The highest BCUT2D eigenvalue weighted by atomic mass is 19.1. The second kappa shape index (κ2) is 9.12. The van der Waals surface area contributed by atoms with Crippen molar-refractivity contribution < 1.29 is 9.13 Å². The second-order valence-corrected chi connectivity index (χ2v) is 5.74. The molecule has 25 heavy (non-hydrogen) atoms. The van der Waals surface area contributed by atoms with Crippen LogP contribution in [-0.4, -0.2) is 41.0 Å². The highest BCUT2D eigenvalue weighted by molar-refractivity contribution is 5.79. The Kier molecular flexibility index (Phi) is 6.88. The van der Waals surface area contributed by atoms with Crippen LogP contribution in [0.1, 0.15) is 22.8 Å². The summed E-state index contributed by atoms with van der Waals surface area (Å²) in [5.41, 5.74) is 1.44. The summed E-state index contributed by atoms with van der Waals surface area (Å²) in [6.07, 6.45) is 0. The maximum absolute atomic E-state index is 13.7. The van der Waals surface area contributed by atoms with Crippen molar-refractivity contribution in [3.63, 3.8) is 0 Å². The van der Waals surface area contributed by atoms with E-state index in [1.165, 1.54) is 6.07 Å². The van der Waals surface area contributed by atoms with Gasteiger partial charge in [-0.05, 0) is 31.0 Å². The molecule has 1 aromatic heterocycles. The molecule has 0 amide bonds. The number of ether oxygens (including phenoxy) is 1. The number of hydrogen-bond donors (Lipinski definition) is 2. The lowest BCUT2D eigenvalue weighted by molar-refractivity contribution is 0.203. The summed E-state index contributed by atoms with van der Waals surface area (Å²) in [7, 11) is 3.56. The molecule has 0 atom stereocenters. The molecule has 2 aromatic rings. The van der Waals surface area contributed by atoms with Crippen molar-refractivity contribution in [2.45, 2.75) is 26.9 Å². The third-order valence-electron chi connectivity index (χ3n) is 3.85. The van der Waals surface area contributed by atoms with E-state index >= 15 is 0 Å². The average Bonchev–Trinajstić information content (AvgIpc) is 2.92. The van der Waals surface area contributed by atoms with Crippen LogP contribution in [0.3, 0.4) is 0 Å². The molecule has 7 nitrogen and oxygen atoms in total. The summed E-state index contributed by atoms with van der Waals surface area (Å²) >= 11 is 0. The van der Waals surface area contributed by atoms with Crippen LogP contribution >= 0.6 is 0 Å². The quantitative estimate of drug-likeness (QED) is 0.450. The van der Waals surface area contributed by atoms with Crippen molar-refractivity contribution in [3.8, 4) is 0 Å². The minimum Gasteiger partial charge on any atom is -0.383 e. The Balaban J connectivity index is 2.02. The molecule has 0 fully saturated rings. The fraction of sp³-hybridized carbons (Fsp3) is 0.471. The first-order chi connectivity index (χ1) is 12.0. The predicted molar refractivity (Wildman–Crippen MR) is 94.7 cm³/mol. The van der Waals surface area contributed by atoms with E-state index in [2.05, 4.69) is 25.8 Å². The van der Waals surface area contributed by atoms with Crippen LogP contribution in [0.25, 0.3) is 0 Å². The first kappa shape index (κ1) is 18.9. The fourth-order valence-corrected chi connectivity index (χ4v) is 2.12. The maximum atomic E-state index is 13.7.